The van der Waals surface area contributed by atoms with Crippen LogP contribution in [0.15, 0.2) is 0 Å². The Morgan fingerprint density at radius 3 is 2.85 bits per heavy atom. The van der Waals surface area contributed by atoms with Crippen LogP contribution in [-0.2, 0) is 4.79 Å². The number of rotatable bonds is 7. The Labute approximate surface area is 79.5 Å². The highest BCUT2D eigenvalue weighted by atomic mass is 16.3. The van der Waals surface area contributed by atoms with Crippen LogP contribution in [0.25, 0.3) is 0 Å². The first-order valence-electron chi connectivity index (χ1n) is 4.83. The van der Waals surface area contributed by atoms with E-state index in [0.717, 1.165) is 12.8 Å². The van der Waals surface area contributed by atoms with Crippen molar-refractivity contribution < 1.29 is 9.90 Å². The van der Waals surface area contributed by atoms with E-state index in [1.165, 1.54) is 0 Å². The van der Waals surface area contributed by atoms with Gasteiger partial charge in [0.2, 0.25) is 5.91 Å². The highest BCUT2D eigenvalue weighted by Gasteiger charge is 2.07. The topological polar surface area (TPSA) is 75.4 Å². The smallest absolute Gasteiger partial charge is 0.221 e. The number of nitrogens with two attached hydrogens (primary N) is 1. The number of carbonyl (C=O) groups excluding carboxylic acids is 1. The molecule has 0 radical (unpaired) electrons. The predicted molar refractivity (Wildman–Crippen MR) is 52.2 cm³/mol. The number of hydrogen-bond acceptors (Lipinski definition) is 3. The first kappa shape index (κ1) is 12.4. The summed E-state index contributed by atoms with van der Waals surface area (Å²) in [4.78, 5) is 11.1. The van der Waals surface area contributed by atoms with E-state index >= 15 is 0 Å². The molecule has 0 saturated heterocycles. The van der Waals surface area contributed by atoms with Crippen molar-refractivity contribution in [1.82, 2.24) is 5.32 Å². The second-order valence-corrected chi connectivity index (χ2v) is 3.18. The van der Waals surface area contributed by atoms with Crippen LogP contribution in [0.3, 0.4) is 0 Å². The molecule has 13 heavy (non-hydrogen) atoms. The number of hydrogen-bond donors (Lipinski definition) is 3. The zero-order valence-corrected chi connectivity index (χ0v) is 8.25. The SMILES string of the molecule is CCCC(N)CC(=O)NCCCO. The number of amides is 1. The Morgan fingerprint density at radius 1 is 1.62 bits per heavy atom. The van der Waals surface area contributed by atoms with Crippen LogP contribution in [0.2, 0.25) is 0 Å². The summed E-state index contributed by atoms with van der Waals surface area (Å²) < 4.78 is 0. The summed E-state index contributed by atoms with van der Waals surface area (Å²) in [6.45, 7) is 2.69. The Hall–Kier alpha value is -0.610. The maximum atomic E-state index is 11.1. The van der Waals surface area contributed by atoms with E-state index in [0.29, 0.717) is 19.4 Å². The lowest BCUT2D eigenvalue weighted by Crippen LogP contribution is -2.32. The first-order chi connectivity index (χ1) is 6.20. The molecule has 0 aromatic rings. The molecule has 0 aliphatic rings. The van der Waals surface area contributed by atoms with Gasteiger partial charge < -0.3 is 16.2 Å². The average Bonchev–Trinajstić information content (AvgIpc) is 2.05. The van der Waals surface area contributed by atoms with Crippen molar-refractivity contribution in [1.29, 1.82) is 0 Å². The predicted octanol–water partition coefficient (Wildman–Crippen LogP) is 0.00250. The minimum Gasteiger partial charge on any atom is -0.396 e. The molecule has 4 heteroatoms. The summed E-state index contributed by atoms with van der Waals surface area (Å²) in [6.07, 6.45) is 2.88. The molecule has 0 aromatic carbocycles. The molecular formula is C9H20N2O2. The lowest BCUT2D eigenvalue weighted by atomic mass is 10.1. The van der Waals surface area contributed by atoms with Crippen LogP contribution in [0.4, 0.5) is 0 Å². The van der Waals surface area contributed by atoms with Crippen LogP contribution in [-0.4, -0.2) is 30.2 Å². The summed E-state index contributed by atoms with van der Waals surface area (Å²) >= 11 is 0. The van der Waals surface area contributed by atoms with E-state index in [2.05, 4.69) is 5.32 Å². The third kappa shape index (κ3) is 7.74. The van der Waals surface area contributed by atoms with Gasteiger partial charge in [0.15, 0.2) is 0 Å². The fourth-order valence-electron chi connectivity index (χ4n) is 1.09. The number of aliphatic hydroxyl groups excluding tert-OH is 1. The van der Waals surface area contributed by atoms with Gasteiger partial charge in [0, 0.05) is 25.6 Å². The molecule has 1 atom stereocenters. The zero-order valence-electron chi connectivity index (χ0n) is 8.25. The second-order valence-electron chi connectivity index (χ2n) is 3.18. The van der Waals surface area contributed by atoms with Crippen LogP contribution >= 0.6 is 0 Å². The monoisotopic (exact) mass is 188 g/mol. The minimum atomic E-state index is -0.0286. The van der Waals surface area contributed by atoms with E-state index in [1.807, 2.05) is 6.92 Å². The van der Waals surface area contributed by atoms with Crippen LogP contribution in [0.5, 0.6) is 0 Å². The second kappa shape index (κ2) is 8.01. The lowest BCUT2D eigenvalue weighted by Gasteiger charge is -2.09. The Balaban J connectivity index is 3.38. The summed E-state index contributed by atoms with van der Waals surface area (Å²) in [6, 6.07) is -0.0286. The fraction of sp³-hybridized carbons (Fsp3) is 0.889. The molecule has 0 rings (SSSR count). The minimum absolute atomic E-state index is 0.0191. The van der Waals surface area contributed by atoms with Gasteiger partial charge in [0.25, 0.3) is 0 Å². The summed E-state index contributed by atoms with van der Waals surface area (Å²) in [5.41, 5.74) is 5.68. The highest BCUT2D eigenvalue weighted by molar-refractivity contribution is 5.76. The van der Waals surface area contributed by atoms with E-state index in [4.69, 9.17) is 10.8 Å². The molecule has 1 unspecified atom stereocenters. The van der Waals surface area contributed by atoms with Gasteiger partial charge in [-0.3, -0.25) is 4.79 Å². The van der Waals surface area contributed by atoms with Crippen molar-refractivity contribution in [2.75, 3.05) is 13.2 Å². The van der Waals surface area contributed by atoms with E-state index in [9.17, 15) is 4.79 Å². The summed E-state index contributed by atoms with van der Waals surface area (Å²) in [5.74, 6) is -0.0191. The van der Waals surface area contributed by atoms with Crippen LogP contribution in [0.1, 0.15) is 32.6 Å². The van der Waals surface area contributed by atoms with Gasteiger partial charge in [-0.1, -0.05) is 13.3 Å². The third-order valence-electron chi connectivity index (χ3n) is 1.76. The van der Waals surface area contributed by atoms with Gasteiger partial charge in [-0.05, 0) is 12.8 Å². The van der Waals surface area contributed by atoms with E-state index in [-0.39, 0.29) is 18.6 Å². The van der Waals surface area contributed by atoms with Gasteiger partial charge in [-0.2, -0.15) is 0 Å². The molecule has 0 aliphatic heterocycles. The molecule has 0 heterocycles. The van der Waals surface area contributed by atoms with Gasteiger partial charge in [0.05, 0.1) is 0 Å². The third-order valence-corrected chi connectivity index (χ3v) is 1.76. The van der Waals surface area contributed by atoms with Crippen LogP contribution < -0.4 is 11.1 Å². The van der Waals surface area contributed by atoms with Gasteiger partial charge >= 0.3 is 0 Å². The number of aliphatic hydroxyl groups is 1. The molecule has 0 fully saturated rings. The Morgan fingerprint density at radius 2 is 2.31 bits per heavy atom. The molecule has 78 valence electrons. The lowest BCUT2D eigenvalue weighted by molar-refractivity contribution is -0.121. The van der Waals surface area contributed by atoms with Gasteiger partial charge in [0.1, 0.15) is 0 Å². The van der Waals surface area contributed by atoms with Gasteiger partial charge in [-0.25, -0.2) is 0 Å². The van der Waals surface area contributed by atoms with Crippen molar-refractivity contribution in [2.24, 2.45) is 5.73 Å². The van der Waals surface area contributed by atoms with Crippen molar-refractivity contribution in [3.8, 4) is 0 Å². The maximum absolute atomic E-state index is 11.1. The number of carbonyl (C=O) groups is 1. The molecule has 1 amide bonds. The molecule has 0 aromatic heterocycles. The quantitative estimate of drug-likeness (QED) is 0.492. The average molecular weight is 188 g/mol. The standard InChI is InChI=1S/C9H20N2O2/c1-2-4-8(10)7-9(13)11-5-3-6-12/h8,12H,2-7,10H2,1H3,(H,11,13). The van der Waals surface area contributed by atoms with Crippen LogP contribution in [0, 0.1) is 0 Å². The molecule has 0 aliphatic carbocycles. The fourth-order valence-corrected chi connectivity index (χ4v) is 1.09. The highest BCUT2D eigenvalue weighted by Crippen LogP contribution is 1.97. The molecule has 0 spiro atoms. The van der Waals surface area contributed by atoms with Crippen molar-refractivity contribution >= 4 is 5.91 Å². The molecule has 4 N–H and O–H groups in total. The van der Waals surface area contributed by atoms with Crippen molar-refractivity contribution in [3.63, 3.8) is 0 Å². The first-order valence-corrected chi connectivity index (χ1v) is 4.83. The zero-order chi connectivity index (χ0) is 10.1. The summed E-state index contributed by atoms with van der Waals surface area (Å²) in [7, 11) is 0. The normalized spacial score (nSPS) is 12.5. The molecule has 0 bridgehead atoms. The maximum Gasteiger partial charge on any atom is 0.221 e. The van der Waals surface area contributed by atoms with Crippen molar-refractivity contribution in [3.05, 3.63) is 0 Å². The van der Waals surface area contributed by atoms with Gasteiger partial charge in [-0.15, -0.1) is 0 Å². The Bertz CT molecular complexity index is 140. The molecule has 0 saturated carbocycles. The summed E-state index contributed by atoms with van der Waals surface area (Å²) in [5, 5.41) is 11.2. The largest absolute Gasteiger partial charge is 0.396 e. The molecular weight excluding hydrogens is 168 g/mol. The van der Waals surface area contributed by atoms with E-state index in [1.54, 1.807) is 0 Å². The molecule has 4 nitrogen and oxygen atoms in total. The van der Waals surface area contributed by atoms with Crippen molar-refractivity contribution in [2.45, 2.75) is 38.6 Å². The van der Waals surface area contributed by atoms with E-state index < -0.39 is 0 Å². The number of nitrogens with one attached hydrogen (secondary N) is 1. The Kier molecular flexibility index (Phi) is 7.63.